The SMILES string of the molecule is CCNC(=NCC(=O)NC(C)(C)C)NCCc1ccc(OC)cc1O.I. The fourth-order valence-corrected chi connectivity index (χ4v) is 2.15. The summed E-state index contributed by atoms with van der Waals surface area (Å²) in [5.74, 6) is 1.26. The van der Waals surface area contributed by atoms with E-state index in [0.717, 1.165) is 5.56 Å². The number of carbonyl (C=O) groups is 1. The smallest absolute Gasteiger partial charge is 0.242 e. The zero-order valence-corrected chi connectivity index (χ0v) is 18.5. The fourth-order valence-electron chi connectivity index (χ4n) is 2.15. The van der Waals surface area contributed by atoms with E-state index < -0.39 is 0 Å². The third-order valence-corrected chi connectivity index (χ3v) is 3.22. The zero-order chi connectivity index (χ0) is 18.9. The first-order valence-corrected chi connectivity index (χ1v) is 8.44. The molecule has 0 saturated carbocycles. The molecule has 4 N–H and O–H groups in total. The van der Waals surface area contributed by atoms with E-state index >= 15 is 0 Å². The molecule has 1 aromatic rings. The van der Waals surface area contributed by atoms with Gasteiger partial charge in [-0.15, -0.1) is 24.0 Å². The summed E-state index contributed by atoms with van der Waals surface area (Å²) in [7, 11) is 1.56. The van der Waals surface area contributed by atoms with Crippen molar-refractivity contribution in [3.05, 3.63) is 23.8 Å². The number of carbonyl (C=O) groups excluding carboxylic acids is 1. The van der Waals surface area contributed by atoms with Crippen molar-refractivity contribution in [1.82, 2.24) is 16.0 Å². The molecule has 26 heavy (non-hydrogen) atoms. The van der Waals surface area contributed by atoms with E-state index in [9.17, 15) is 9.90 Å². The van der Waals surface area contributed by atoms with Gasteiger partial charge in [0, 0.05) is 24.7 Å². The van der Waals surface area contributed by atoms with Crippen molar-refractivity contribution >= 4 is 35.8 Å². The lowest BCUT2D eigenvalue weighted by molar-refractivity contribution is -0.121. The number of halogens is 1. The predicted octanol–water partition coefficient (Wildman–Crippen LogP) is 2.03. The molecule has 1 aromatic carbocycles. The molecule has 0 bridgehead atoms. The highest BCUT2D eigenvalue weighted by atomic mass is 127. The Morgan fingerprint density at radius 2 is 1.96 bits per heavy atom. The summed E-state index contributed by atoms with van der Waals surface area (Å²) in [5.41, 5.74) is 0.541. The van der Waals surface area contributed by atoms with Gasteiger partial charge in [-0.2, -0.15) is 0 Å². The molecule has 0 fully saturated rings. The molecule has 148 valence electrons. The fraction of sp³-hybridized carbons (Fsp3) is 0.556. The maximum absolute atomic E-state index is 11.8. The number of nitrogens with zero attached hydrogens (tertiary/aromatic N) is 1. The van der Waals surface area contributed by atoms with Crippen LogP contribution in [0.15, 0.2) is 23.2 Å². The molecule has 8 heteroatoms. The Kier molecular flexibility index (Phi) is 11.0. The molecule has 0 radical (unpaired) electrons. The summed E-state index contributed by atoms with van der Waals surface area (Å²) < 4.78 is 5.07. The van der Waals surface area contributed by atoms with E-state index in [2.05, 4.69) is 20.9 Å². The third-order valence-electron chi connectivity index (χ3n) is 3.22. The van der Waals surface area contributed by atoms with Crippen LogP contribution in [0.25, 0.3) is 0 Å². The molecule has 1 rings (SSSR count). The van der Waals surface area contributed by atoms with Gasteiger partial charge in [0.25, 0.3) is 0 Å². The molecule has 0 spiro atoms. The number of hydrogen-bond donors (Lipinski definition) is 4. The van der Waals surface area contributed by atoms with Crippen molar-refractivity contribution in [2.24, 2.45) is 4.99 Å². The second-order valence-electron chi connectivity index (χ2n) is 6.66. The molecule has 0 aliphatic heterocycles. The first-order valence-electron chi connectivity index (χ1n) is 8.44. The minimum Gasteiger partial charge on any atom is -0.508 e. The van der Waals surface area contributed by atoms with Crippen LogP contribution in [0.2, 0.25) is 0 Å². The second-order valence-corrected chi connectivity index (χ2v) is 6.66. The highest BCUT2D eigenvalue weighted by Crippen LogP contribution is 2.23. The number of nitrogens with one attached hydrogen (secondary N) is 3. The lowest BCUT2D eigenvalue weighted by Crippen LogP contribution is -2.43. The summed E-state index contributed by atoms with van der Waals surface area (Å²) in [6, 6.07) is 5.23. The number of aromatic hydroxyl groups is 1. The Morgan fingerprint density at radius 3 is 2.50 bits per heavy atom. The Hall–Kier alpha value is -1.71. The standard InChI is InChI=1S/C18H30N4O3.HI/c1-6-19-17(21-12-16(24)22-18(2,3)4)20-10-9-13-7-8-14(25-5)11-15(13)23;/h7-8,11,23H,6,9-10,12H2,1-5H3,(H,22,24)(H2,19,20,21);1H. The molecule has 0 aromatic heterocycles. The van der Waals surface area contributed by atoms with Crippen molar-refractivity contribution in [1.29, 1.82) is 0 Å². The second kappa shape index (κ2) is 11.8. The van der Waals surface area contributed by atoms with E-state index in [1.807, 2.05) is 39.8 Å². The van der Waals surface area contributed by atoms with E-state index in [1.165, 1.54) is 0 Å². The number of phenols is 1. The number of amides is 1. The average molecular weight is 478 g/mol. The molecule has 0 atom stereocenters. The maximum Gasteiger partial charge on any atom is 0.242 e. The molecule has 0 aliphatic rings. The Labute approximate surface area is 173 Å². The lowest BCUT2D eigenvalue weighted by atomic mass is 10.1. The monoisotopic (exact) mass is 478 g/mol. The van der Waals surface area contributed by atoms with Crippen molar-refractivity contribution in [2.45, 2.75) is 39.7 Å². The van der Waals surface area contributed by atoms with Gasteiger partial charge < -0.3 is 25.8 Å². The summed E-state index contributed by atoms with van der Waals surface area (Å²) >= 11 is 0. The van der Waals surface area contributed by atoms with Gasteiger partial charge in [-0.05, 0) is 45.7 Å². The molecule has 1 amide bonds. The quantitative estimate of drug-likeness (QED) is 0.274. The molecular weight excluding hydrogens is 447 g/mol. The number of benzene rings is 1. The minimum absolute atomic E-state index is 0. The van der Waals surface area contributed by atoms with Gasteiger partial charge in [0.1, 0.15) is 18.0 Å². The lowest BCUT2D eigenvalue weighted by Gasteiger charge is -2.20. The van der Waals surface area contributed by atoms with Crippen LogP contribution in [-0.4, -0.2) is 49.3 Å². The van der Waals surface area contributed by atoms with Crippen LogP contribution in [-0.2, 0) is 11.2 Å². The summed E-state index contributed by atoms with van der Waals surface area (Å²) in [6.07, 6.45) is 0.619. The van der Waals surface area contributed by atoms with Crippen molar-refractivity contribution in [3.63, 3.8) is 0 Å². The number of aliphatic imine (C=N–C) groups is 1. The third kappa shape index (κ3) is 9.69. The number of phenolic OH excluding ortho intramolecular Hbond substituents is 1. The highest BCUT2D eigenvalue weighted by Gasteiger charge is 2.13. The Morgan fingerprint density at radius 1 is 1.27 bits per heavy atom. The first-order chi connectivity index (χ1) is 11.7. The molecular formula is C18H31IN4O3. The van der Waals surface area contributed by atoms with Crippen LogP contribution >= 0.6 is 24.0 Å². The van der Waals surface area contributed by atoms with Crippen LogP contribution in [0.3, 0.4) is 0 Å². The van der Waals surface area contributed by atoms with Gasteiger partial charge in [-0.3, -0.25) is 4.79 Å². The average Bonchev–Trinajstić information content (AvgIpc) is 2.52. The van der Waals surface area contributed by atoms with Gasteiger partial charge in [-0.1, -0.05) is 6.07 Å². The van der Waals surface area contributed by atoms with Gasteiger partial charge in [0.2, 0.25) is 5.91 Å². The van der Waals surface area contributed by atoms with Crippen LogP contribution in [0.4, 0.5) is 0 Å². The molecule has 0 aliphatic carbocycles. The Balaban J connectivity index is 0.00000625. The van der Waals surface area contributed by atoms with Crippen LogP contribution in [0.5, 0.6) is 11.5 Å². The maximum atomic E-state index is 11.8. The van der Waals surface area contributed by atoms with Crippen molar-refractivity contribution in [3.8, 4) is 11.5 Å². The largest absolute Gasteiger partial charge is 0.508 e. The van der Waals surface area contributed by atoms with Gasteiger partial charge >= 0.3 is 0 Å². The molecule has 0 unspecified atom stereocenters. The van der Waals surface area contributed by atoms with E-state index in [0.29, 0.717) is 31.2 Å². The van der Waals surface area contributed by atoms with Gasteiger partial charge in [-0.25, -0.2) is 4.99 Å². The summed E-state index contributed by atoms with van der Waals surface area (Å²) in [6.45, 7) is 9.08. The molecule has 0 saturated heterocycles. The van der Waals surface area contributed by atoms with E-state index in [1.54, 1.807) is 13.2 Å². The summed E-state index contributed by atoms with van der Waals surface area (Å²) in [5, 5.41) is 19.1. The molecule has 0 heterocycles. The van der Waals surface area contributed by atoms with Crippen LogP contribution in [0.1, 0.15) is 33.3 Å². The topological polar surface area (TPSA) is 95.0 Å². The number of rotatable bonds is 7. The number of guanidine groups is 1. The van der Waals surface area contributed by atoms with E-state index in [4.69, 9.17) is 4.74 Å². The van der Waals surface area contributed by atoms with Gasteiger partial charge in [0.15, 0.2) is 5.96 Å². The first kappa shape index (κ1) is 24.3. The van der Waals surface area contributed by atoms with Gasteiger partial charge in [0.05, 0.1) is 7.11 Å². The van der Waals surface area contributed by atoms with Crippen LogP contribution < -0.4 is 20.7 Å². The number of hydrogen-bond acceptors (Lipinski definition) is 4. The summed E-state index contributed by atoms with van der Waals surface area (Å²) in [4.78, 5) is 16.1. The molecule has 7 nitrogen and oxygen atoms in total. The zero-order valence-electron chi connectivity index (χ0n) is 16.2. The van der Waals surface area contributed by atoms with E-state index in [-0.39, 0.29) is 47.7 Å². The normalized spacial score (nSPS) is 11.3. The van der Waals surface area contributed by atoms with Crippen molar-refractivity contribution in [2.75, 3.05) is 26.7 Å². The van der Waals surface area contributed by atoms with Crippen LogP contribution in [0, 0.1) is 0 Å². The minimum atomic E-state index is -0.274. The number of methoxy groups -OCH3 is 1. The van der Waals surface area contributed by atoms with Crippen molar-refractivity contribution < 1.29 is 14.6 Å². The Bertz CT molecular complexity index is 601. The highest BCUT2D eigenvalue weighted by molar-refractivity contribution is 14.0. The number of ether oxygens (including phenoxy) is 1. The predicted molar refractivity (Wildman–Crippen MR) is 116 cm³/mol.